The SMILES string of the molecule is CCC1CC(NC(C)CCc2ccco2)CCO1. The van der Waals surface area contributed by atoms with Crippen molar-refractivity contribution in [3.8, 4) is 0 Å². The molecule has 3 nitrogen and oxygen atoms in total. The Morgan fingerprint density at radius 3 is 3.11 bits per heavy atom. The summed E-state index contributed by atoms with van der Waals surface area (Å²) < 4.78 is 11.1. The summed E-state index contributed by atoms with van der Waals surface area (Å²) in [4.78, 5) is 0. The third kappa shape index (κ3) is 4.14. The maximum absolute atomic E-state index is 5.70. The van der Waals surface area contributed by atoms with Gasteiger partial charge in [0.15, 0.2) is 0 Å². The molecule has 0 aromatic carbocycles. The molecule has 3 atom stereocenters. The minimum atomic E-state index is 0.452. The lowest BCUT2D eigenvalue weighted by Gasteiger charge is -2.31. The molecule has 18 heavy (non-hydrogen) atoms. The minimum absolute atomic E-state index is 0.452. The van der Waals surface area contributed by atoms with Gasteiger partial charge in [-0.1, -0.05) is 6.92 Å². The van der Waals surface area contributed by atoms with E-state index in [9.17, 15) is 0 Å². The molecule has 1 aromatic heterocycles. The fourth-order valence-electron chi connectivity index (χ4n) is 2.62. The molecule has 1 aliphatic rings. The summed E-state index contributed by atoms with van der Waals surface area (Å²) in [5.74, 6) is 1.09. The van der Waals surface area contributed by atoms with Gasteiger partial charge in [0.05, 0.1) is 12.4 Å². The average molecular weight is 251 g/mol. The third-order valence-electron chi connectivity index (χ3n) is 3.75. The lowest BCUT2D eigenvalue weighted by Crippen LogP contribution is -2.43. The Balaban J connectivity index is 1.68. The Bertz CT molecular complexity index is 323. The zero-order valence-electron chi connectivity index (χ0n) is 11.5. The van der Waals surface area contributed by atoms with Crippen molar-refractivity contribution in [3.63, 3.8) is 0 Å². The number of hydrogen-bond donors (Lipinski definition) is 1. The van der Waals surface area contributed by atoms with Crippen LogP contribution in [-0.4, -0.2) is 24.8 Å². The van der Waals surface area contributed by atoms with Gasteiger partial charge >= 0.3 is 0 Å². The first kappa shape index (κ1) is 13.6. The molecule has 2 heterocycles. The van der Waals surface area contributed by atoms with Crippen LogP contribution >= 0.6 is 0 Å². The van der Waals surface area contributed by atoms with Crippen molar-refractivity contribution in [2.75, 3.05) is 6.61 Å². The van der Waals surface area contributed by atoms with E-state index in [4.69, 9.17) is 9.15 Å². The third-order valence-corrected chi connectivity index (χ3v) is 3.75. The van der Waals surface area contributed by atoms with Crippen LogP contribution in [0, 0.1) is 0 Å². The molecule has 0 radical (unpaired) electrons. The highest BCUT2D eigenvalue weighted by molar-refractivity contribution is 4.98. The highest BCUT2D eigenvalue weighted by Gasteiger charge is 2.22. The maximum atomic E-state index is 5.70. The largest absolute Gasteiger partial charge is 0.469 e. The average Bonchev–Trinajstić information content (AvgIpc) is 2.90. The van der Waals surface area contributed by atoms with Gasteiger partial charge in [0.2, 0.25) is 0 Å². The zero-order chi connectivity index (χ0) is 12.8. The van der Waals surface area contributed by atoms with E-state index in [1.54, 1.807) is 6.26 Å². The van der Waals surface area contributed by atoms with E-state index in [1.807, 2.05) is 12.1 Å². The lowest BCUT2D eigenvalue weighted by atomic mass is 10.00. The van der Waals surface area contributed by atoms with E-state index < -0.39 is 0 Å². The fourth-order valence-corrected chi connectivity index (χ4v) is 2.62. The predicted molar refractivity (Wildman–Crippen MR) is 72.7 cm³/mol. The van der Waals surface area contributed by atoms with Crippen LogP contribution in [0.2, 0.25) is 0 Å². The van der Waals surface area contributed by atoms with E-state index in [0.717, 1.165) is 44.5 Å². The van der Waals surface area contributed by atoms with E-state index in [2.05, 4.69) is 19.2 Å². The molecule has 1 fully saturated rings. The lowest BCUT2D eigenvalue weighted by molar-refractivity contribution is -0.00175. The molecule has 3 heteroatoms. The maximum Gasteiger partial charge on any atom is 0.103 e. The van der Waals surface area contributed by atoms with Crippen molar-refractivity contribution in [1.82, 2.24) is 5.32 Å². The molecule has 0 aliphatic carbocycles. The molecule has 102 valence electrons. The standard InChI is InChI=1S/C15H25NO2/c1-3-14-11-13(8-10-18-14)16-12(2)6-7-15-5-4-9-17-15/h4-5,9,12-14,16H,3,6-8,10-11H2,1-2H3. The molecule has 2 rings (SSSR count). The van der Waals surface area contributed by atoms with Gasteiger partial charge in [-0.15, -0.1) is 0 Å². The summed E-state index contributed by atoms with van der Waals surface area (Å²) in [5, 5.41) is 3.72. The van der Waals surface area contributed by atoms with Crippen LogP contribution in [0.4, 0.5) is 0 Å². The van der Waals surface area contributed by atoms with Crippen LogP contribution in [0.3, 0.4) is 0 Å². The highest BCUT2D eigenvalue weighted by Crippen LogP contribution is 2.17. The zero-order valence-corrected chi connectivity index (χ0v) is 11.5. The molecule has 1 aliphatic heterocycles. The van der Waals surface area contributed by atoms with E-state index in [1.165, 1.54) is 0 Å². The predicted octanol–water partition coefficient (Wildman–Crippen LogP) is 3.15. The van der Waals surface area contributed by atoms with Crippen LogP contribution in [0.5, 0.6) is 0 Å². The first-order valence-electron chi connectivity index (χ1n) is 7.18. The summed E-state index contributed by atoms with van der Waals surface area (Å²) in [7, 11) is 0. The Morgan fingerprint density at radius 1 is 1.50 bits per heavy atom. The summed E-state index contributed by atoms with van der Waals surface area (Å²) >= 11 is 0. The summed E-state index contributed by atoms with van der Waals surface area (Å²) in [6.45, 7) is 5.37. The molecule has 1 N–H and O–H groups in total. The van der Waals surface area contributed by atoms with E-state index >= 15 is 0 Å². The van der Waals surface area contributed by atoms with Gasteiger partial charge in [-0.25, -0.2) is 0 Å². The summed E-state index contributed by atoms with van der Waals surface area (Å²) in [6, 6.07) is 5.16. The second kappa shape index (κ2) is 6.95. The Kier molecular flexibility index (Phi) is 5.26. The molecule has 0 bridgehead atoms. The van der Waals surface area contributed by atoms with Gasteiger partial charge in [0.1, 0.15) is 5.76 Å². The van der Waals surface area contributed by atoms with Gasteiger partial charge < -0.3 is 14.5 Å². The quantitative estimate of drug-likeness (QED) is 0.843. The van der Waals surface area contributed by atoms with Crippen LogP contribution in [-0.2, 0) is 11.2 Å². The summed E-state index contributed by atoms with van der Waals surface area (Å²) in [5.41, 5.74) is 0. The van der Waals surface area contributed by atoms with Crippen molar-refractivity contribution < 1.29 is 9.15 Å². The first-order chi connectivity index (χ1) is 8.78. The van der Waals surface area contributed by atoms with Crippen molar-refractivity contribution in [2.45, 2.75) is 64.1 Å². The normalized spacial score (nSPS) is 26.1. The summed E-state index contributed by atoms with van der Waals surface area (Å²) in [6.07, 6.45) is 7.76. The Morgan fingerprint density at radius 2 is 2.39 bits per heavy atom. The minimum Gasteiger partial charge on any atom is -0.469 e. The van der Waals surface area contributed by atoms with Crippen LogP contribution < -0.4 is 5.32 Å². The van der Waals surface area contributed by atoms with Gasteiger partial charge in [-0.05, 0) is 44.7 Å². The van der Waals surface area contributed by atoms with Crippen molar-refractivity contribution in [3.05, 3.63) is 24.2 Å². The smallest absolute Gasteiger partial charge is 0.103 e. The number of hydrogen-bond acceptors (Lipinski definition) is 3. The number of ether oxygens (including phenoxy) is 1. The molecule has 0 amide bonds. The molecule has 3 unspecified atom stereocenters. The van der Waals surface area contributed by atoms with E-state index in [-0.39, 0.29) is 0 Å². The molecule has 0 spiro atoms. The number of rotatable bonds is 6. The number of aryl methyl sites for hydroxylation is 1. The van der Waals surface area contributed by atoms with Gasteiger partial charge in [-0.2, -0.15) is 0 Å². The van der Waals surface area contributed by atoms with Crippen molar-refractivity contribution in [2.24, 2.45) is 0 Å². The molecular formula is C15H25NO2. The second-order valence-corrected chi connectivity index (χ2v) is 5.31. The highest BCUT2D eigenvalue weighted by atomic mass is 16.5. The Labute approximate surface area is 110 Å². The molecule has 1 aromatic rings. The monoisotopic (exact) mass is 251 g/mol. The van der Waals surface area contributed by atoms with E-state index in [0.29, 0.717) is 18.2 Å². The second-order valence-electron chi connectivity index (χ2n) is 5.31. The first-order valence-corrected chi connectivity index (χ1v) is 7.18. The Hall–Kier alpha value is -0.800. The number of furan rings is 1. The van der Waals surface area contributed by atoms with Gasteiger partial charge in [0.25, 0.3) is 0 Å². The van der Waals surface area contributed by atoms with Crippen LogP contribution in [0.25, 0.3) is 0 Å². The van der Waals surface area contributed by atoms with Crippen LogP contribution in [0.1, 0.15) is 45.3 Å². The van der Waals surface area contributed by atoms with Crippen molar-refractivity contribution >= 4 is 0 Å². The van der Waals surface area contributed by atoms with Crippen molar-refractivity contribution in [1.29, 1.82) is 0 Å². The molecule has 1 saturated heterocycles. The van der Waals surface area contributed by atoms with Crippen LogP contribution in [0.15, 0.2) is 22.8 Å². The fraction of sp³-hybridized carbons (Fsp3) is 0.733. The van der Waals surface area contributed by atoms with Gasteiger partial charge in [0, 0.05) is 25.1 Å². The van der Waals surface area contributed by atoms with Gasteiger partial charge in [-0.3, -0.25) is 0 Å². The topological polar surface area (TPSA) is 34.4 Å². The number of nitrogens with one attached hydrogen (secondary N) is 1. The molecule has 0 saturated carbocycles. The molecular weight excluding hydrogens is 226 g/mol.